The molecule has 0 saturated heterocycles. The number of aromatic nitrogens is 2. The van der Waals surface area contributed by atoms with Gasteiger partial charge in [0.2, 0.25) is 11.8 Å². The summed E-state index contributed by atoms with van der Waals surface area (Å²) in [5.41, 5.74) is 0.327. The normalized spacial score (nSPS) is 10.5. The van der Waals surface area contributed by atoms with Crippen LogP contribution in [0.15, 0.2) is 22.6 Å². The Balaban J connectivity index is 2.30. The van der Waals surface area contributed by atoms with Gasteiger partial charge in [-0.1, -0.05) is 0 Å². The van der Waals surface area contributed by atoms with E-state index in [0.29, 0.717) is 23.8 Å². The summed E-state index contributed by atoms with van der Waals surface area (Å²) >= 11 is 5.59. The lowest BCUT2D eigenvalue weighted by atomic mass is 10.2. The summed E-state index contributed by atoms with van der Waals surface area (Å²) in [4.78, 5) is 10.4. The number of ether oxygens (including phenoxy) is 1. The molecule has 0 unspecified atom stereocenters. The van der Waals surface area contributed by atoms with E-state index in [-0.39, 0.29) is 17.3 Å². The van der Waals surface area contributed by atoms with Crippen LogP contribution < -0.4 is 4.74 Å². The standard InChI is InChI=1S/C12H12ClN3O4/c1-19-10-5-4-8(7-9(10)16(17)18)12-15-14-11(20-12)3-2-6-13/h4-5,7H,2-3,6H2,1H3. The largest absolute Gasteiger partial charge is 0.490 e. The number of benzene rings is 1. The molecule has 0 saturated carbocycles. The zero-order chi connectivity index (χ0) is 14.5. The minimum absolute atomic E-state index is 0.148. The fraction of sp³-hybridized carbons (Fsp3) is 0.333. The summed E-state index contributed by atoms with van der Waals surface area (Å²) < 4.78 is 10.4. The van der Waals surface area contributed by atoms with Gasteiger partial charge in [0.05, 0.1) is 12.0 Å². The molecule has 0 fully saturated rings. The van der Waals surface area contributed by atoms with Crippen molar-refractivity contribution in [3.05, 3.63) is 34.2 Å². The van der Waals surface area contributed by atoms with Crippen molar-refractivity contribution in [1.82, 2.24) is 10.2 Å². The molecule has 0 aliphatic carbocycles. The van der Waals surface area contributed by atoms with Gasteiger partial charge < -0.3 is 9.15 Å². The average Bonchev–Trinajstić information content (AvgIpc) is 2.93. The van der Waals surface area contributed by atoms with Crippen LogP contribution in [0.2, 0.25) is 0 Å². The van der Waals surface area contributed by atoms with Gasteiger partial charge in [-0.3, -0.25) is 10.1 Å². The van der Waals surface area contributed by atoms with E-state index in [9.17, 15) is 10.1 Å². The molecule has 0 aliphatic heterocycles. The predicted molar refractivity (Wildman–Crippen MR) is 72.0 cm³/mol. The summed E-state index contributed by atoms with van der Waals surface area (Å²) in [7, 11) is 1.37. The van der Waals surface area contributed by atoms with Gasteiger partial charge in [-0.25, -0.2) is 0 Å². The van der Waals surface area contributed by atoms with Gasteiger partial charge in [0.15, 0.2) is 5.75 Å². The van der Waals surface area contributed by atoms with E-state index >= 15 is 0 Å². The van der Waals surface area contributed by atoms with Gasteiger partial charge in [-0.15, -0.1) is 21.8 Å². The van der Waals surface area contributed by atoms with Crippen LogP contribution in [0.3, 0.4) is 0 Å². The van der Waals surface area contributed by atoms with E-state index in [2.05, 4.69) is 10.2 Å². The van der Waals surface area contributed by atoms with E-state index in [1.807, 2.05) is 0 Å². The first-order chi connectivity index (χ1) is 9.65. The van der Waals surface area contributed by atoms with E-state index in [1.165, 1.54) is 19.2 Å². The van der Waals surface area contributed by atoms with Crippen molar-refractivity contribution in [1.29, 1.82) is 0 Å². The Hall–Kier alpha value is -2.15. The molecule has 2 aromatic rings. The van der Waals surface area contributed by atoms with Crippen molar-refractivity contribution >= 4 is 17.3 Å². The molecule has 20 heavy (non-hydrogen) atoms. The molecular weight excluding hydrogens is 286 g/mol. The molecular formula is C12H12ClN3O4. The molecule has 8 heteroatoms. The third-order valence-corrected chi connectivity index (χ3v) is 2.88. The fourth-order valence-electron chi connectivity index (χ4n) is 1.66. The molecule has 2 rings (SSSR count). The molecule has 1 heterocycles. The van der Waals surface area contributed by atoms with Gasteiger partial charge in [0, 0.05) is 23.9 Å². The van der Waals surface area contributed by atoms with Crippen molar-refractivity contribution in [3.8, 4) is 17.2 Å². The smallest absolute Gasteiger partial charge is 0.311 e. The number of hydrogen-bond acceptors (Lipinski definition) is 6. The van der Waals surface area contributed by atoms with Crippen LogP contribution in [-0.4, -0.2) is 28.1 Å². The number of alkyl halides is 1. The monoisotopic (exact) mass is 297 g/mol. The van der Waals surface area contributed by atoms with E-state index < -0.39 is 4.92 Å². The van der Waals surface area contributed by atoms with Crippen molar-refractivity contribution in [2.24, 2.45) is 0 Å². The highest BCUT2D eigenvalue weighted by molar-refractivity contribution is 6.17. The minimum atomic E-state index is -0.521. The topological polar surface area (TPSA) is 91.3 Å². The minimum Gasteiger partial charge on any atom is -0.490 e. The highest BCUT2D eigenvalue weighted by Crippen LogP contribution is 2.31. The summed E-state index contributed by atoms with van der Waals surface area (Å²) in [5, 5.41) is 18.7. The van der Waals surface area contributed by atoms with Crippen LogP contribution >= 0.6 is 11.6 Å². The second-order valence-corrected chi connectivity index (χ2v) is 4.32. The third kappa shape index (κ3) is 3.05. The van der Waals surface area contributed by atoms with Crippen molar-refractivity contribution in [2.45, 2.75) is 12.8 Å². The molecule has 0 atom stereocenters. The summed E-state index contributed by atoms with van der Waals surface area (Å²) in [5.74, 6) is 1.38. The molecule has 1 aromatic carbocycles. The number of nitrogens with zero attached hydrogens (tertiary/aromatic N) is 3. The Bertz CT molecular complexity index is 614. The maximum Gasteiger partial charge on any atom is 0.311 e. The van der Waals surface area contributed by atoms with Crippen molar-refractivity contribution in [3.63, 3.8) is 0 Å². The molecule has 0 aliphatic rings. The van der Waals surface area contributed by atoms with Crippen LogP contribution in [0.25, 0.3) is 11.5 Å². The highest BCUT2D eigenvalue weighted by atomic mass is 35.5. The molecule has 0 spiro atoms. The lowest BCUT2D eigenvalue weighted by Gasteiger charge is -2.02. The van der Waals surface area contributed by atoms with Gasteiger partial charge in [0.25, 0.3) is 0 Å². The SMILES string of the molecule is COc1ccc(-c2nnc(CCCCl)o2)cc1[N+](=O)[O-]. The lowest BCUT2D eigenvalue weighted by molar-refractivity contribution is -0.385. The van der Waals surface area contributed by atoms with Crippen molar-refractivity contribution < 1.29 is 14.1 Å². The number of nitro benzene ring substituents is 1. The summed E-state index contributed by atoms with van der Waals surface area (Å²) in [6.07, 6.45) is 1.31. The zero-order valence-electron chi connectivity index (χ0n) is 10.7. The molecule has 1 aromatic heterocycles. The fourth-order valence-corrected chi connectivity index (χ4v) is 1.79. The van der Waals surface area contributed by atoms with Gasteiger partial charge in [0.1, 0.15) is 0 Å². The van der Waals surface area contributed by atoms with E-state index in [0.717, 1.165) is 6.42 Å². The third-order valence-electron chi connectivity index (χ3n) is 2.61. The van der Waals surface area contributed by atoms with E-state index in [1.54, 1.807) is 6.07 Å². The number of methoxy groups -OCH3 is 1. The van der Waals surface area contributed by atoms with Crippen LogP contribution in [0.1, 0.15) is 12.3 Å². The Morgan fingerprint density at radius 2 is 2.25 bits per heavy atom. The lowest BCUT2D eigenvalue weighted by Crippen LogP contribution is -1.94. The Morgan fingerprint density at radius 3 is 2.90 bits per heavy atom. The number of rotatable bonds is 6. The van der Waals surface area contributed by atoms with Gasteiger partial charge >= 0.3 is 5.69 Å². The summed E-state index contributed by atoms with van der Waals surface area (Å²) in [6, 6.07) is 4.47. The van der Waals surface area contributed by atoms with Crippen LogP contribution in [0.5, 0.6) is 5.75 Å². The average molecular weight is 298 g/mol. The van der Waals surface area contributed by atoms with Gasteiger partial charge in [-0.2, -0.15) is 0 Å². The molecule has 0 N–H and O–H groups in total. The molecule has 0 amide bonds. The highest BCUT2D eigenvalue weighted by Gasteiger charge is 2.18. The number of halogens is 1. The first-order valence-corrected chi connectivity index (χ1v) is 6.40. The van der Waals surface area contributed by atoms with Gasteiger partial charge in [-0.05, 0) is 18.6 Å². The molecule has 0 bridgehead atoms. The van der Waals surface area contributed by atoms with Crippen LogP contribution in [-0.2, 0) is 6.42 Å². The number of aryl methyl sites for hydroxylation is 1. The summed E-state index contributed by atoms with van der Waals surface area (Å²) in [6.45, 7) is 0. The van der Waals surface area contributed by atoms with E-state index in [4.69, 9.17) is 20.8 Å². The second kappa shape index (κ2) is 6.33. The molecule has 0 radical (unpaired) electrons. The Kier molecular flexibility index (Phi) is 4.52. The van der Waals surface area contributed by atoms with Crippen LogP contribution in [0.4, 0.5) is 5.69 Å². The zero-order valence-corrected chi connectivity index (χ0v) is 11.5. The first-order valence-electron chi connectivity index (χ1n) is 5.87. The van der Waals surface area contributed by atoms with Crippen molar-refractivity contribution in [2.75, 3.05) is 13.0 Å². The number of hydrogen-bond donors (Lipinski definition) is 0. The Morgan fingerprint density at radius 1 is 1.45 bits per heavy atom. The predicted octanol–water partition coefficient (Wildman–Crippen LogP) is 2.82. The maximum atomic E-state index is 11.0. The Labute approximate surface area is 119 Å². The first kappa shape index (κ1) is 14.3. The maximum absolute atomic E-state index is 11.0. The second-order valence-electron chi connectivity index (χ2n) is 3.94. The quantitative estimate of drug-likeness (QED) is 0.462. The number of nitro groups is 1. The van der Waals surface area contributed by atoms with Crippen LogP contribution in [0, 0.1) is 10.1 Å². The molecule has 7 nitrogen and oxygen atoms in total. The molecule has 106 valence electrons.